The molecule has 7 heteroatoms. The van der Waals surface area contributed by atoms with Crippen molar-refractivity contribution >= 4 is 22.7 Å². The van der Waals surface area contributed by atoms with Crippen molar-refractivity contribution in [3.05, 3.63) is 46.5 Å². The zero-order valence-corrected chi connectivity index (χ0v) is 14.7. The lowest BCUT2D eigenvalue weighted by atomic mass is 9.93. The second-order valence-electron chi connectivity index (χ2n) is 6.50. The van der Waals surface area contributed by atoms with Gasteiger partial charge in [0.05, 0.1) is 35.8 Å². The van der Waals surface area contributed by atoms with E-state index in [1.807, 2.05) is 25.1 Å². The summed E-state index contributed by atoms with van der Waals surface area (Å²) in [5.74, 6) is 1.17. The van der Waals surface area contributed by atoms with E-state index in [0.717, 1.165) is 41.0 Å². The van der Waals surface area contributed by atoms with E-state index in [-0.39, 0.29) is 18.2 Å². The molecule has 0 radical (unpaired) electrons. The molecule has 26 heavy (non-hydrogen) atoms. The molecule has 0 saturated carbocycles. The van der Waals surface area contributed by atoms with Gasteiger partial charge in [0.2, 0.25) is 0 Å². The summed E-state index contributed by atoms with van der Waals surface area (Å²) in [6.45, 7) is 2.08. The van der Waals surface area contributed by atoms with E-state index >= 15 is 0 Å². The Balaban J connectivity index is 1.54. The minimum absolute atomic E-state index is 0.0385. The number of benzene rings is 1. The summed E-state index contributed by atoms with van der Waals surface area (Å²) in [6.07, 6.45) is 2.13. The molecule has 1 aromatic carbocycles. The lowest BCUT2D eigenvalue weighted by Crippen LogP contribution is -2.26. The Hall–Kier alpha value is -3.09. The number of aromatic nitrogens is 3. The first-order valence-electron chi connectivity index (χ1n) is 8.62. The van der Waals surface area contributed by atoms with Gasteiger partial charge in [-0.3, -0.25) is 9.59 Å². The van der Waals surface area contributed by atoms with Crippen LogP contribution in [0.3, 0.4) is 0 Å². The Morgan fingerprint density at radius 3 is 2.96 bits per heavy atom. The number of H-pyrrole nitrogens is 2. The van der Waals surface area contributed by atoms with Crippen LogP contribution in [0.2, 0.25) is 0 Å². The number of aromatic amines is 2. The van der Waals surface area contributed by atoms with E-state index in [2.05, 4.69) is 20.3 Å². The number of carbonyl (C=O) groups is 2. The minimum Gasteiger partial charge on any atom is -0.497 e. The minimum atomic E-state index is -0.256. The molecule has 0 unspecified atom stereocenters. The summed E-state index contributed by atoms with van der Waals surface area (Å²) >= 11 is 0. The van der Waals surface area contributed by atoms with Crippen molar-refractivity contribution < 1.29 is 14.3 Å². The number of amides is 1. The molecule has 0 spiro atoms. The van der Waals surface area contributed by atoms with E-state index in [1.165, 1.54) is 0 Å². The van der Waals surface area contributed by atoms with Crippen LogP contribution in [0.4, 0.5) is 0 Å². The number of methoxy groups -OCH3 is 1. The molecule has 0 aliphatic heterocycles. The van der Waals surface area contributed by atoms with E-state index in [0.29, 0.717) is 23.4 Å². The highest BCUT2D eigenvalue weighted by molar-refractivity contribution is 6.10. The van der Waals surface area contributed by atoms with Crippen molar-refractivity contribution in [1.82, 2.24) is 20.3 Å². The van der Waals surface area contributed by atoms with Crippen molar-refractivity contribution in [3.8, 4) is 5.75 Å². The number of hydrogen-bond donors (Lipinski definition) is 3. The fourth-order valence-corrected chi connectivity index (χ4v) is 3.52. The van der Waals surface area contributed by atoms with Crippen molar-refractivity contribution in [2.45, 2.75) is 32.7 Å². The molecule has 4 rings (SSSR count). The largest absolute Gasteiger partial charge is 0.497 e. The molecule has 0 bridgehead atoms. The summed E-state index contributed by atoms with van der Waals surface area (Å²) in [7, 11) is 1.61. The summed E-state index contributed by atoms with van der Waals surface area (Å²) in [4.78, 5) is 35.8. The number of ether oxygens (including phenoxy) is 1. The summed E-state index contributed by atoms with van der Waals surface area (Å²) in [6, 6.07) is 5.56. The van der Waals surface area contributed by atoms with Gasteiger partial charge in [-0.2, -0.15) is 0 Å². The number of imidazole rings is 1. The lowest BCUT2D eigenvalue weighted by Gasteiger charge is -2.11. The van der Waals surface area contributed by atoms with Crippen LogP contribution < -0.4 is 10.1 Å². The van der Waals surface area contributed by atoms with Crippen LogP contribution in [0.1, 0.15) is 50.8 Å². The van der Waals surface area contributed by atoms with Crippen LogP contribution in [0.15, 0.2) is 18.2 Å². The fourth-order valence-electron chi connectivity index (χ4n) is 3.52. The van der Waals surface area contributed by atoms with Crippen LogP contribution >= 0.6 is 0 Å². The molecular formula is C19H20N4O3. The van der Waals surface area contributed by atoms with E-state index in [1.54, 1.807) is 7.11 Å². The van der Waals surface area contributed by atoms with Gasteiger partial charge in [-0.05, 0) is 31.9 Å². The molecule has 3 N–H and O–H groups in total. The number of ketones is 1. The predicted octanol–water partition coefficient (Wildman–Crippen LogP) is 2.66. The van der Waals surface area contributed by atoms with Crippen molar-refractivity contribution in [2.75, 3.05) is 7.11 Å². The van der Waals surface area contributed by atoms with Crippen LogP contribution in [0, 0.1) is 6.92 Å². The van der Waals surface area contributed by atoms with Gasteiger partial charge in [0.25, 0.3) is 5.91 Å². The molecule has 2 aromatic heterocycles. The first-order valence-corrected chi connectivity index (χ1v) is 8.62. The van der Waals surface area contributed by atoms with Gasteiger partial charge in [0, 0.05) is 23.9 Å². The smallest absolute Gasteiger partial charge is 0.254 e. The molecule has 2 heterocycles. The van der Waals surface area contributed by atoms with Crippen LogP contribution in [0.25, 0.3) is 11.0 Å². The van der Waals surface area contributed by atoms with Gasteiger partial charge in [-0.25, -0.2) is 4.98 Å². The highest BCUT2D eigenvalue weighted by atomic mass is 16.5. The van der Waals surface area contributed by atoms with Gasteiger partial charge in [-0.15, -0.1) is 0 Å². The second-order valence-corrected chi connectivity index (χ2v) is 6.50. The number of nitrogens with one attached hydrogen (secondary N) is 3. The first-order chi connectivity index (χ1) is 12.6. The van der Waals surface area contributed by atoms with Crippen molar-refractivity contribution in [1.29, 1.82) is 0 Å². The van der Waals surface area contributed by atoms with Crippen molar-refractivity contribution in [3.63, 3.8) is 0 Å². The molecule has 134 valence electrons. The molecule has 1 aliphatic rings. The number of Topliss-reactive ketones (excluding diaryl/α,β-unsaturated/α-hetero) is 1. The molecule has 1 amide bonds. The maximum absolute atomic E-state index is 12.7. The topological polar surface area (TPSA) is 99.9 Å². The highest BCUT2D eigenvalue weighted by Crippen LogP contribution is 2.27. The first kappa shape index (κ1) is 16.4. The predicted molar refractivity (Wildman–Crippen MR) is 96.6 cm³/mol. The van der Waals surface area contributed by atoms with Gasteiger partial charge >= 0.3 is 0 Å². The molecule has 3 aromatic rings. The van der Waals surface area contributed by atoms with Crippen LogP contribution in [-0.4, -0.2) is 33.8 Å². The highest BCUT2D eigenvalue weighted by Gasteiger charge is 2.28. The third-order valence-corrected chi connectivity index (χ3v) is 4.76. The number of rotatable bonds is 4. The third kappa shape index (κ3) is 2.75. The SMILES string of the molecule is COc1ccc2nc(CNC(=O)c3c(C)[nH]c4c3C(=O)CCC4)[nH]c2c1. The quantitative estimate of drug-likeness (QED) is 0.672. The molecular weight excluding hydrogens is 332 g/mol. The third-order valence-electron chi connectivity index (χ3n) is 4.76. The zero-order valence-electron chi connectivity index (χ0n) is 14.7. The van der Waals surface area contributed by atoms with Gasteiger partial charge in [-0.1, -0.05) is 0 Å². The van der Waals surface area contributed by atoms with Crippen LogP contribution in [-0.2, 0) is 13.0 Å². The Kier molecular flexibility index (Phi) is 3.99. The van der Waals surface area contributed by atoms with E-state index in [9.17, 15) is 9.59 Å². The molecule has 1 aliphatic carbocycles. The number of aryl methyl sites for hydroxylation is 2. The molecule has 0 atom stereocenters. The maximum atomic E-state index is 12.7. The molecule has 0 fully saturated rings. The summed E-state index contributed by atoms with van der Waals surface area (Å²) in [5, 5.41) is 2.87. The number of carbonyl (C=O) groups excluding carboxylic acids is 2. The second kappa shape index (κ2) is 6.33. The Labute approximate surface area is 150 Å². The standard InChI is InChI=1S/C19H20N4O3/c1-10-17(18-13(21-10)4-3-5-15(18)24)19(25)20-9-16-22-12-7-6-11(26-2)8-14(12)23-16/h6-8,21H,3-5,9H2,1-2H3,(H,20,25)(H,22,23). The monoisotopic (exact) mass is 352 g/mol. The number of hydrogen-bond acceptors (Lipinski definition) is 4. The average molecular weight is 352 g/mol. The van der Waals surface area contributed by atoms with E-state index < -0.39 is 0 Å². The van der Waals surface area contributed by atoms with Gasteiger partial charge in [0.1, 0.15) is 11.6 Å². The maximum Gasteiger partial charge on any atom is 0.254 e. The average Bonchev–Trinajstić information content (AvgIpc) is 3.19. The van der Waals surface area contributed by atoms with Crippen molar-refractivity contribution in [2.24, 2.45) is 0 Å². The summed E-state index contributed by atoms with van der Waals surface area (Å²) in [5.41, 5.74) is 4.28. The van der Waals surface area contributed by atoms with E-state index in [4.69, 9.17) is 4.74 Å². The molecule has 0 saturated heterocycles. The Morgan fingerprint density at radius 1 is 1.31 bits per heavy atom. The van der Waals surface area contributed by atoms with Crippen LogP contribution in [0.5, 0.6) is 5.75 Å². The Bertz CT molecular complexity index is 1020. The van der Waals surface area contributed by atoms with Gasteiger partial charge < -0.3 is 20.0 Å². The normalized spacial score (nSPS) is 13.7. The fraction of sp³-hybridized carbons (Fsp3) is 0.316. The number of nitrogens with zero attached hydrogens (tertiary/aromatic N) is 1. The van der Waals surface area contributed by atoms with Gasteiger partial charge in [0.15, 0.2) is 5.78 Å². The Morgan fingerprint density at radius 2 is 2.15 bits per heavy atom. The summed E-state index contributed by atoms with van der Waals surface area (Å²) < 4.78 is 5.20. The number of fused-ring (bicyclic) bond motifs is 2. The zero-order chi connectivity index (χ0) is 18.3. The molecule has 7 nitrogen and oxygen atoms in total. The lowest BCUT2D eigenvalue weighted by molar-refractivity contribution is 0.0925.